The van der Waals surface area contributed by atoms with Crippen LogP contribution in [-0.4, -0.2) is 103 Å². The molecule has 0 spiro atoms. The van der Waals surface area contributed by atoms with Gasteiger partial charge in [0.05, 0.1) is 35.6 Å². The summed E-state index contributed by atoms with van der Waals surface area (Å²) < 4.78 is 35.8. The number of rotatable bonds is 6. The highest BCUT2D eigenvalue weighted by atomic mass is 32.2. The zero-order valence-electron chi connectivity index (χ0n) is 31.6. The lowest BCUT2D eigenvalue weighted by molar-refractivity contribution is -0.161. The van der Waals surface area contributed by atoms with Gasteiger partial charge in [0, 0.05) is 61.7 Å². The van der Waals surface area contributed by atoms with Gasteiger partial charge in [0.15, 0.2) is 0 Å². The first-order valence-electron chi connectivity index (χ1n) is 18.8. The lowest BCUT2D eigenvalue weighted by atomic mass is 9.71. The second-order valence-electron chi connectivity index (χ2n) is 16.2. The van der Waals surface area contributed by atoms with E-state index in [1.165, 1.54) is 12.0 Å². The number of carbonyl (C=O) groups is 3. The Bertz CT molecular complexity index is 2020. The average Bonchev–Trinajstić information content (AvgIpc) is 3.37. The van der Waals surface area contributed by atoms with Gasteiger partial charge in [0.1, 0.15) is 5.75 Å². The van der Waals surface area contributed by atoms with E-state index in [1.807, 2.05) is 23.1 Å². The van der Waals surface area contributed by atoms with Gasteiger partial charge in [0.25, 0.3) is 5.91 Å². The number of carbonyl (C=O) groups excluding carboxylic acids is 3. The number of nitrogens with one attached hydrogen (secondary N) is 1. The summed E-state index contributed by atoms with van der Waals surface area (Å²) in [4.78, 5) is 47.8. The molecule has 4 heterocycles. The Labute approximate surface area is 307 Å². The average molecular weight is 732 g/mol. The Morgan fingerprint density at radius 1 is 0.962 bits per heavy atom. The smallest absolute Gasteiger partial charge is 0.264 e. The second-order valence-corrected chi connectivity index (χ2v) is 18.4. The molecule has 3 amide bonds. The highest BCUT2D eigenvalue weighted by Gasteiger charge is 2.52. The van der Waals surface area contributed by atoms with E-state index < -0.39 is 26.6 Å². The summed E-state index contributed by atoms with van der Waals surface area (Å²) >= 11 is 0. The number of methoxy groups -OCH3 is 1. The topological polar surface area (TPSA) is 121 Å². The van der Waals surface area contributed by atoms with Crippen LogP contribution in [0.5, 0.6) is 5.75 Å². The van der Waals surface area contributed by atoms with Crippen LogP contribution < -0.4 is 9.46 Å². The molecular formula is C40H53N5O6S. The van der Waals surface area contributed by atoms with Crippen molar-refractivity contribution in [2.75, 3.05) is 40.3 Å². The van der Waals surface area contributed by atoms with Gasteiger partial charge in [-0.2, -0.15) is 0 Å². The zero-order chi connectivity index (χ0) is 37.3. The summed E-state index contributed by atoms with van der Waals surface area (Å²) in [6.07, 6.45) is 5.57. The Morgan fingerprint density at radius 3 is 2.25 bits per heavy atom. The molecule has 280 valence electrons. The molecule has 2 saturated heterocycles. The molecule has 3 fully saturated rings. The summed E-state index contributed by atoms with van der Waals surface area (Å²) in [6.45, 7) is 11.6. The van der Waals surface area contributed by atoms with Crippen molar-refractivity contribution in [1.29, 1.82) is 0 Å². The van der Waals surface area contributed by atoms with E-state index in [2.05, 4.69) is 52.1 Å². The highest BCUT2D eigenvalue weighted by molar-refractivity contribution is 7.90. The number of fused-ring (bicyclic) bond motifs is 7. The zero-order valence-corrected chi connectivity index (χ0v) is 32.4. The van der Waals surface area contributed by atoms with Crippen LogP contribution in [0.3, 0.4) is 0 Å². The van der Waals surface area contributed by atoms with E-state index in [9.17, 15) is 18.0 Å². The van der Waals surface area contributed by atoms with Crippen LogP contribution in [0.2, 0.25) is 0 Å². The normalized spacial score (nSPS) is 25.4. The van der Waals surface area contributed by atoms with Gasteiger partial charge in [0.2, 0.25) is 21.8 Å². The predicted molar refractivity (Wildman–Crippen MR) is 202 cm³/mol. The highest BCUT2D eigenvalue weighted by Crippen LogP contribution is 2.53. The molecule has 1 N–H and O–H groups in total. The molecule has 1 aliphatic carbocycles. The fourth-order valence-corrected chi connectivity index (χ4v) is 10.0. The minimum absolute atomic E-state index is 0.0291. The van der Waals surface area contributed by atoms with Gasteiger partial charge < -0.3 is 24.0 Å². The maximum Gasteiger partial charge on any atom is 0.264 e. The van der Waals surface area contributed by atoms with E-state index in [1.54, 1.807) is 33.9 Å². The first-order valence-corrected chi connectivity index (χ1v) is 20.4. The quantitative estimate of drug-likeness (QED) is 0.364. The predicted octanol–water partition coefficient (Wildman–Crippen LogP) is 5.33. The van der Waals surface area contributed by atoms with Crippen LogP contribution in [0.4, 0.5) is 0 Å². The number of hydrogen-bond donors (Lipinski definition) is 1. The molecule has 7 rings (SSSR count). The summed E-state index contributed by atoms with van der Waals surface area (Å²) in [5.41, 5.74) is 4.55. The van der Waals surface area contributed by atoms with Gasteiger partial charge in [-0.3, -0.25) is 14.4 Å². The molecule has 2 bridgehead atoms. The van der Waals surface area contributed by atoms with Crippen LogP contribution in [0.1, 0.15) is 100 Å². The molecule has 4 aliphatic rings. The first-order chi connectivity index (χ1) is 24.6. The van der Waals surface area contributed by atoms with E-state index in [0.29, 0.717) is 38.6 Å². The van der Waals surface area contributed by atoms with Crippen LogP contribution in [0, 0.1) is 5.41 Å². The second kappa shape index (κ2) is 13.5. The first kappa shape index (κ1) is 36.5. The molecule has 3 aliphatic heterocycles. The monoisotopic (exact) mass is 731 g/mol. The number of aromatic nitrogens is 1. The minimum Gasteiger partial charge on any atom is -0.497 e. The third kappa shape index (κ3) is 6.09. The molecule has 2 aromatic carbocycles. The van der Waals surface area contributed by atoms with Crippen molar-refractivity contribution in [3.63, 3.8) is 0 Å². The maximum absolute atomic E-state index is 15.5. The van der Waals surface area contributed by atoms with Crippen molar-refractivity contribution < 1.29 is 27.5 Å². The fourth-order valence-electron chi connectivity index (χ4n) is 9.41. The molecule has 4 atom stereocenters. The molecular weight excluding hydrogens is 679 g/mol. The van der Waals surface area contributed by atoms with Gasteiger partial charge in [-0.05, 0) is 94.0 Å². The van der Waals surface area contributed by atoms with E-state index in [4.69, 9.17) is 4.74 Å². The number of nitrogens with zero attached hydrogens (tertiary/aromatic N) is 4. The van der Waals surface area contributed by atoms with Gasteiger partial charge in [-0.25, -0.2) is 13.1 Å². The Balaban J connectivity index is 1.44. The molecule has 3 aromatic rings. The van der Waals surface area contributed by atoms with Gasteiger partial charge in [-0.1, -0.05) is 32.3 Å². The number of amides is 3. The summed E-state index contributed by atoms with van der Waals surface area (Å²) in [7, 11) is -0.106. The summed E-state index contributed by atoms with van der Waals surface area (Å²) in [5, 5.41) is 0.269. The SMILES string of the molecule is COc1ccc2c(c1)C(C)C(C)(C(=O)N1C3CN(C)CC1CN(C(C)=O)C3)Cn1c-2c(C2CCCCC2)c2ccc(C(=O)NS(=O)(=O)C(C)C)cc21. The van der Waals surface area contributed by atoms with Crippen LogP contribution in [0.15, 0.2) is 36.4 Å². The van der Waals surface area contributed by atoms with Crippen molar-refractivity contribution in [1.82, 2.24) is 24.0 Å². The molecule has 12 heteroatoms. The Hall–Kier alpha value is -3.90. The minimum atomic E-state index is -3.85. The van der Waals surface area contributed by atoms with Gasteiger partial charge in [-0.15, -0.1) is 0 Å². The molecule has 1 saturated carbocycles. The van der Waals surface area contributed by atoms with Gasteiger partial charge >= 0.3 is 0 Å². The number of sulfonamides is 1. The van der Waals surface area contributed by atoms with E-state index in [-0.39, 0.29) is 35.4 Å². The standard InChI is InChI=1S/C40H53N5O6S/c1-24(2)52(49,50)41-38(47)28-13-15-33-35(17-28)44-23-40(5,39(48)45-29-19-42(6)20-30(45)22-43(21-29)26(4)46)25(3)34-18-31(51-7)14-16-32(34)37(44)36(33)27-11-9-8-10-12-27/h13-18,24-25,27,29-30H,8-12,19-23H2,1-7H3,(H,41,47). The summed E-state index contributed by atoms with van der Waals surface area (Å²) in [6, 6.07) is 11.4. The number of benzene rings is 2. The summed E-state index contributed by atoms with van der Waals surface area (Å²) in [5.74, 6) is 0.228. The van der Waals surface area contributed by atoms with Crippen molar-refractivity contribution in [3.05, 3.63) is 53.1 Å². The molecule has 11 nitrogen and oxygen atoms in total. The molecule has 0 radical (unpaired) electrons. The number of likely N-dealkylation sites (N-methyl/N-ethyl adjacent to an activating group) is 1. The van der Waals surface area contributed by atoms with Crippen molar-refractivity contribution in [3.8, 4) is 17.0 Å². The van der Waals surface area contributed by atoms with E-state index in [0.717, 1.165) is 59.2 Å². The van der Waals surface area contributed by atoms with Crippen molar-refractivity contribution >= 4 is 38.6 Å². The third-order valence-electron chi connectivity index (χ3n) is 12.5. The van der Waals surface area contributed by atoms with Crippen molar-refractivity contribution in [2.24, 2.45) is 5.41 Å². The Kier molecular flexibility index (Phi) is 9.47. The lowest BCUT2D eigenvalue weighted by Gasteiger charge is -2.54. The Morgan fingerprint density at radius 2 is 1.63 bits per heavy atom. The number of hydrogen-bond acceptors (Lipinski definition) is 7. The van der Waals surface area contributed by atoms with Crippen molar-refractivity contribution in [2.45, 2.75) is 102 Å². The molecule has 52 heavy (non-hydrogen) atoms. The maximum atomic E-state index is 15.5. The van der Waals surface area contributed by atoms with E-state index >= 15 is 4.79 Å². The number of ether oxygens (including phenoxy) is 1. The third-order valence-corrected chi connectivity index (χ3v) is 14.2. The fraction of sp³-hybridized carbons (Fsp3) is 0.575. The largest absolute Gasteiger partial charge is 0.497 e. The van der Waals surface area contributed by atoms with Crippen LogP contribution in [0.25, 0.3) is 22.2 Å². The number of piperazine rings is 2. The van der Waals surface area contributed by atoms with Crippen LogP contribution >= 0.6 is 0 Å². The molecule has 1 aromatic heterocycles. The van der Waals surface area contributed by atoms with Crippen LogP contribution in [-0.2, 0) is 26.2 Å². The molecule has 4 unspecified atom stereocenters. The lowest BCUT2D eigenvalue weighted by Crippen LogP contribution is -2.71.